The highest BCUT2D eigenvalue weighted by atomic mass is 35.5. The molecule has 1 atom stereocenters. The van der Waals surface area contributed by atoms with Crippen LogP contribution in [0.25, 0.3) is 0 Å². The molecule has 4 nitrogen and oxygen atoms in total. The van der Waals surface area contributed by atoms with Crippen LogP contribution in [0, 0.1) is 0 Å². The maximum atomic E-state index is 12.2. The minimum absolute atomic E-state index is 0.270. The van der Waals surface area contributed by atoms with Crippen molar-refractivity contribution in [2.75, 3.05) is 10.6 Å². The number of para-hydroxylation sites is 1. The summed E-state index contributed by atoms with van der Waals surface area (Å²) >= 11 is 11.9. The molecule has 0 aromatic heterocycles. The number of rotatable bonds is 4. The zero-order valence-corrected chi connectivity index (χ0v) is 14.9. The van der Waals surface area contributed by atoms with Crippen molar-refractivity contribution in [1.29, 1.82) is 0 Å². The number of carbonyl (C=O) groups excluding carboxylic acids is 2. The number of anilines is 2. The van der Waals surface area contributed by atoms with Crippen LogP contribution < -0.4 is 10.6 Å². The van der Waals surface area contributed by atoms with E-state index in [4.69, 9.17) is 23.2 Å². The van der Waals surface area contributed by atoms with Crippen molar-refractivity contribution in [2.45, 2.75) is 26.2 Å². The summed E-state index contributed by atoms with van der Waals surface area (Å²) in [6.07, 6.45) is 0.928. The van der Waals surface area contributed by atoms with Gasteiger partial charge in [0.2, 0.25) is 0 Å². The summed E-state index contributed by atoms with van der Waals surface area (Å²) < 4.78 is 0. The summed E-state index contributed by atoms with van der Waals surface area (Å²) in [6.45, 7) is 4.13. The maximum absolute atomic E-state index is 12.2. The Hall–Kier alpha value is -2.04. The van der Waals surface area contributed by atoms with Crippen LogP contribution in [0.2, 0.25) is 10.0 Å². The van der Waals surface area contributed by atoms with Crippen LogP contribution in [0.3, 0.4) is 0 Å². The standard InChI is InChI=1S/C18H18Cl2N2O2/c1-3-11(2)13-6-4-5-7-15(13)21-17(23)18(24)22-16-10-12(19)8-9-14(16)20/h4-11H,3H2,1-2H3,(H,21,23)(H,22,24). The SMILES string of the molecule is CCC(C)c1ccccc1NC(=O)C(=O)Nc1cc(Cl)ccc1Cl. The van der Waals surface area contributed by atoms with Crippen molar-refractivity contribution in [3.05, 3.63) is 58.1 Å². The molecule has 6 heteroatoms. The van der Waals surface area contributed by atoms with Gasteiger partial charge in [-0.2, -0.15) is 0 Å². The highest BCUT2D eigenvalue weighted by Gasteiger charge is 2.18. The summed E-state index contributed by atoms with van der Waals surface area (Å²) in [6, 6.07) is 12.1. The molecule has 0 bridgehead atoms. The molecule has 0 radical (unpaired) electrons. The second kappa shape index (κ2) is 8.18. The van der Waals surface area contributed by atoms with Gasteiger partial charge in [-0.3, -0.25) is 9.59 Å². The molecule has 0 aliphatic heterocycles. The summed E-state index contributed by atoms with van der Waals surface area (Å²) in [4.78, 5) is 24.3. The minimum atomic E-state index is -0.807. The van der Waals surface area contributed by atoms with E-state index in [9.17, 15) is 9.59 Å². The quantitative estimate of drug-likeness (QED) is 0.742. The van der Waals surface area contributed by atoms with E-state index in [2.05, 4.69) is 24.5 Å². The first-order valence-corrected chi connectivity index (χ1v) is 8.34. The summed E-state index contributed by atoms with van der Waals surface area (Å²) in [5.41, 5.74) is 1.91. The second-order valence-electron chi connectivity index (χ2n) is 5.43. The van der Waals surface area contributed by atoms with Crippen molar-refractivity contribution in [3.63, 3.8) is 0 Å². The molecule has 24 heavy (non-hydrogen) atoms. The number of benzene rings is 2. The molecule has 0 heterocycles. The van der Waals surface area contributed by atoms with Crippen LogP contribution in [0.4, 0.5) is 11.4 Å². The molecule has 0 fully saturated rings. The number of hydrogen-bond donors (Lipinski definition) is 2. The Bertz CT molecular complexity index is 762. The van der Waals surface area contributed by atoms with E-state index in [1.165, 1.54) is 6.07 Å². The Labute approximate surface area is 151 Å². The predicted octanol–water partition coefficient (Wildman–Crippen LogP) is 5.08. The first-order chi connectivity index (χ1) is 11.4. The summed E-state index contributed by atoms with van der Waals surface area (Å²) in [5.74, 6) is -1.30. The van der Waals surface area contributed by atoms with Crippen LogP contribution in [-0.2, 0) is 9.59 Å². The second-order valence-corrected chi connectivity index (χ2v) is 6.27. The van der Waals surface area contributed by atoms with Crippen molar-refractivity contribution in [2.24, 2.45) is 0 Å². The fraction of sp³-hybridized carbons (Fsp3) is 0.222. The van der Waals surface area contributed by atoms with Gasteiger partial charge < -0.3 is 10.6 Å². The first kappa shape index (κ1) is 18.3. The molecule has 2 aromatic rings. The van der Waals surface area contributed by atoms with Crippen LogP contribution in [0.15, 0.2) is 42.5 Å². The van der Waals surface area contributed by atoms with Crippen molar-refractivity contribution >= 4 is 46.4 Å². The van der Waals surface area contributed by atoms with Gasteiger partial charge in [-0.05, 0) is 42.2 Å². The average molecular weight is 365 g/mol. The van der Waals surface area contributed by atoms with Gasteiger partial charge in [-0.15, -0.1) is 0 Å². The van der Waals surface area contributed by atoms with Gasteiger partial charge >= 0.3 is 11.8 Å². The highest BCUT2D eigenvalue weighted by Crippen LogP contribution is 2.27. The Morgan fingerprint density at radius 1 is 1.00 bits per heavy atom. The van der Waals surface area contributed by atoms with Gasteiger partial charge in [0.15, 0.2) is 0 Å². The number of amides is 2. The van der Waals surface area contributed by atoms with Gasteiger partial charge in [0.25, 0.3) is 0 Å². The lowest BCUT2D eigenvalue weighted by atomic mass is 9.97. The Morgan fingerprint density at radius 2 is 1.62 bits per heavy atom. The van der Waals surface area contributed by atoms with Crippen LogP contribution in [0.1, 0.15) is 31.7 Å². The van der Waals surface area contributed by atoms with E-state index in [1.807, 2.05) is 18.2 Å². The molecule has 126 valence electrons. The molecule has 2 N–H and O–H groups in total. The average Bonchev–Trinajstić information content (AvgIpc) is 2.57. The van der Waals surface area contributed by atoms with E-state index in [1.54, 1.807) is 18.2 Å². The normalized spacial score (nSPS) is 11.7. The molecule has 0 spiro atoms. The summed E-state index contributed by atoms with van der Waals surface area (Å²) in [7, 11) is 0. The fourth-order valence-corrected chi connectivity index (χ4v) is 2.55. The topological polar surface area (TPSA) is 58.2 Å². The Kier molecular flexibility index (Phi) is 6.23. The van der Waals surface area contributed by atoms with Gasteiger partial charge in [0, 0.05) is 10.7 Å². The Morgan fingerprint density at radius 3 is 2.29 bits per heavy atom. The van der Waals surface area contributed by atoms with Crippen LogP contribution in [-0.4, -0.2) is 11.8 Å². The third-order valence-electron chi connectivity index (χ3n) is 3.74. The number of carbonyl (C=O) groups is 2. The molecule has 0 aliphatic carbocycles. The number of hydrogen-bond acceptors (Lipinski definition) is 2. The highest BCUT2D eigenvalue weighted by molar-refractivity contribution is 6.45. The number of nitrogens with one attached hydrogen (secondary N) is 2. The molecular weight excluding hydrogens is 347 g/mol. The van der Waals surface area contributed by atoms with E-state index in [0.717, 1.165) is 12.0 Å². The molecule has 0 aliphatic rings. The molecule has 2 aromatic carbocycles. The van der Waals surface area contributed by atoms with Crippen LogP contribution in [0.5, 0.6) is 0 Å². The Balaban J connectivity index is 2.13. The largest absolute Gasteiger partial charge is 0.318 e. The molecule has 2 rings (SSSR count). The molecule has 1 unspecified atom stereocenters. The minimum Gasteiger partial charge on any atom is -0.318 e. The molecule has 2 amide bonds. The van der Waals surface area contributed by atoms with Crippen molar-refractivity contribution in [1.82, 2.24) is 0 Å². The predicted molar refractivity (Wildman–Crippen MR) is 98.9 cm³/mol. The monoisotopic (exact) mass is 364 g/mol. The molecule has 0 saturated carbocycles. The third kappa shape index (κ3) is 4.49. The van der Waals surface area contributed by atoms with Crippen molar-refractivity contribution < 1.29 is 9.59 Å². The lowest BCUT2D eigenvalue weighted by Crippen LogP contribution is -2.29. The van der Waals surface area contributed by atoms with E-state index in [0.29, 0.717) is 21.4 Å². The van der Waals surface area contributed by atoms with Gasteiger partial charge in [0.1, 0.15) is 0 Å². The zero-order chi connectivity index (χ0) is 17.7. The third-order valence-corrected chi connectivity index (χ3v) is 4.30. The van der Waals surface area contributed by atoms with E-state index < -0.39 is 11.8 Å². The van der Waals surface area contributed by atoms with Gasteiger partial charge in [-0.1, -0.05) is 55.2 Å². The lowest BCUT2D eigenvalue weighted by molar-refractivity contribution is -0.133. The zero-order valence-electron chi connectivity index (χ0n) is 13.4. The molecule has 0 saturated heterocycles. The van der Waals surface area contributed by atoms with E-state index in [-0.39, 0.29) is 5.92 Å². The fourth-order valence-electron chi connectivity index (χ4n) is 2.21. The van der Waals surface area contributed by atoms with Gasteiger partial charge in [0.05, 0.1) is 10.7 Å². The van der Waals surface area contributed by atoms with Gasteiger partial charge in [-0.25, -0.2) is 0 Å². The first-order valence-electron chi connectivity index (χ1n) is 7.58. The van der Waals surface area contributed by atoms with Crippen LogP contribution >= 0.6 is 23.2 Å². The van der Waals surface area contributed by atoms with Crippen molar-refractivity contribution in [3.8, 4) is 0 Å². The molecular formula is C18H18Cl2N2O2. The number of halogens is 2. The van der Waals surface area contributed by atoms with E-state index >= 15 is 0 Å². The lowest BCUT2D eigenvalue weighted by Gasteiger charge is -2.15. The summed E-state index contributed by atoms with van der Waals surface area (Å²) in [5, 5.41) is 5.84. The smallest absolute Gasteiger partial charge is 0.314 e. The maximum Gasteiger partial charge on any atom is 0.314 e.